The Morgan fingerprint density at radius 3 is 2.83 bits per heavy atom. The van der Waals surface area contributed by atoms with E-state index in [0.29, 0.717) is 6.54 Å². The molecule has 0 aromatic heterocycles. The van der Waals surface area contributed by atoms with Crippen molar-refractivity contribution in [1.82, 2.24) is 5.32 Å². The Bertz CT molecular complexity index is 461. The van der Waals surface area contributed by atoms with Crippen LogP contribution >= 0.6 is 0 Å². The Hall–Kier alpha value is -1.89. The van der Waals surface area contributed by atoms with Gasteiger partial charge in [0.1, 0.15) is 6.10 Å². The first kappa shape index (κ1) is 12.6. The lowest BCUT2D eigenvalue weighted by atomic mass is 10.2. The zero-order valence-electron chi connectivity index (χ0n) is 9.81. The first-order valence-corrected chi connectivity index (χ1v) is 5.51. The molecule has 1 fully saturated rings. The van der Waals surface area contributed by atoms with Crippen LogP contribution in [0.5, 0.6) is 11.5 Å². The lowest BCUT2D eigenvalue weighted by Crippen LogP contribution is -2.20. The van der Waals surface area contributed by atoms with Crippen molar-refractivity contribution in [3.63, 3.8) is 0 Å². The molecule has 1 aromatic rings. The fraction of sp³-hybridized carbons (Fsp3) is 0.455. The summed E-state index contributed by atoms with van der Waals surface area (Å²) in [5.41, 5.74) is -0.389. The fourth-order valence-electron chi connectivity index (χ4n) is 1.83. The van der Waals surface area contributed by atoms with Gasteiger partial charge in [0.15, 0.2) is 11.6 Å². The van der Waals surface area contributed by atoms with Gasteiger partial charge in [-0.25, -0.2) is 4.39 Å². The highest BCUT2D eigenvalue weighted by Gasteiger charge is 2.24. The van der Waals surface area contributed by atoms with Crippen LogP contribution in [0.3, 0.4) is 0 Å². The Morgan fingerprint density at radius 2 is 2.28 bits per heavy atom. The highest BCUT2D eigenvalue weighted by Crippen LogP contribution is 2.34. The number of ether oxygens (including phenoxy) is 2. The average molecular weight is 256 g/mol. The molecule has 1 heterocycles. The average Bonchev–Trinajstić information content (AvgIpc) is 2.83. The second-order valence-electron chi connectivity index (χ2n) is 3.94. The quantitative estimate of drug-likeness (QED) is 0.652. The van der Waals surface area contributed by atoms with Gasteiger partial charge in [-0.3, -0.25) is 10.1 Å². The van der Waals surface area contributed by atoms with Gasteiger partial charge in [0.05, 0.1) is 18.1 Å². The van der Waals surface area contributed by atoms with E-state index in [1.165, 1.54) is 13.2 Å². The standard InChI is InChI=1S/C11H13FN2O4/c1-17-10-5-11(18-7-2-3-13-6-7)9(14(15)16)4-8(10)12/h4-5,7,13H,2-3,6H2,1H3. The minimum Gasteiger partial charge on any atom is -0.494 e. The molecule has 1 atom stereocenters. The summed E-state index contributed by atoms with van der Waals surface area (Å²) >= 11 is 0. The zero-order chi connectivity index (χ0) is 13.1. The second-order valence-corrected chi connectivity index (χ2v) is 3.94. The molecule has 1 N–H and O–H groups in total. The van der Waals surface area contributed by atoms with E-state index in [4.69, 9.17) is 9.47 Å². The Kier molecular flexibility index (Phi) is 3.61. The number of benzene rings is 1. The molecule has 7 heteroatoms. The van der Waals surface area contributed by atoms with E-state index in [0.717, 1.165) is 19.0 Å². The molecule has 0 aliphatic carbocycles. The van der Waals surface area contributed by atoms with Crippen LogP contribution in [0, 0.1) is 15.9 Å². The van der Waals surface area contributed by atoms with Crippen LogP contribution in [0.25, 0.3) is 0 Å². The number of hydrogen-bond donors (Lipinski definition) is 1. The summed E-state index contributed by atoms with van der Waals surface area (Å²) in [6.45, 7) is 1.42. The predicted molar refractivity (Wildman–Crippen MR) is 61.5 cm³/mol. The van der Waals surface area contributed by atoms with Gasteiger partial charge in [-0.15, -0.1) is 0 Å². The summed E-state index contributed by atoms with van der Waals surface area (Å²) in [7, 11) is 1.30. The molecule has 1 aliphatic rings. The number of nitro groups is 1. The summed E-state index contributed by atoms with van der Waals surface area (Å²) in [6.07, 6.45) is 0.621. The van der Waals surface area contributed by atoms with Gasteiger partial charge in [-0.1, -0.05) is 0 Å². The smallest absolute Gasteiger partial charge is 0.314 e. The van der Waals surface area contributed by atoms with Crippen LogP contribution in [0.15, 0.2) is 12.1 Å². The van der Waals surface area contributed by atoms with Crippen molar-refractivity contribution >= 4 is 5.69 Å². The molecule has 0 spiro atoms. The molecule has 0 amide bonds. The van der Waals surface area contributed by atoms with Crippen molar-refractivity contribution in [2.24, 2.45) is 0 Å². The summed E-state index contributed by atoms with van der Waals surface area (Å²) < 4.78 is 23.7. The monoisotopic (exact) mass is 256 g/mol. The molecular weight excluding hydrogens is 243 g/mol. The zero-order valence-corrected chi connectivity index (χ0v) is 9.81. The maximum atomic E-state index is 13.4. The van der Waals surface area contributed by atoms with Crippen LogP contribution < -0.4 is 14.8 Å². The van der Waals surface area contributed by atoms with Crippen molar-refractivity contribution in [2.45, 2.75) is 12.5 Å². The number of nitro benzene ring substituents is 1. The summed E-state index contributed by atoms with van der Waals surface area (Å²) in [4.78, 5) is 10.2. The molecule has 1 aliphatic heterocycles. The van der Waals surface area contributed by atoms with Crippen LogP contribution in [0.1, 0.15) is 6.42 Å². The van der Waals surface area contributed by atoms with E-state index in [-0.39, 0.29) is 23.3 Å². The van der Waals surface area contributed by atoms with Crippen molar-refractivity contribution < 1.29 is 18.8 Å². The highest BCUT2D eigenvalue weighted by molar-refractivity contribution is 5.51. The lowest BCUT2D eigenvalue weighted by molar-refractivity contribution is -0.386. The van der Waals surface area contributed by atoms with E-state index < -0.39 is 10.7 Å². The van der Waals surface area contributed by atoms with Crippen LogP contribution in [0.4, 0.5) is 10.1 Å². The highest BCUT2D eigenvalue weighted by atomic mass is 19.1. The van der Waals surface area contributed by atoms with Crippen molar-refractivity contribution in [2.75, 3.05) is 20.2 Å². The van der Waals surface area contributed by atoms with Crippen LogP contribution in [-0.4, -0.2) is 31.2 Å². The molecule has 18 heavy (non-hydrogen) atoms. The lowest BCUT2D eigenvalue weighted by Gasteiger charge is -2.13. The summed E-state index contributed by atoms with van der Waals surface area (Å²) in [5.74, 6) is -0.811. The van der Waals surface area contributed by atoms with E-state index in [1.807, 2.05) is 0 Å². The minimum atomic E-state index is -0.777. The third kappa shape index (κ3) is 2.51. The maximum absolute atomic E-state index is 13.4. The maximum Gasteiger partial charge on any atom is 0.314 e. The van der Waals surface area contributed by atoms with Gasteiger partial charge in [0, 0.05) is 12.6 Å². The molecule has 1 unspecified atom stereocenters. The van der Waals surface area contributed by atoms with Gasteiger partial charge in [-0.2, -0.15) is 0 Å². The van der Waals surface area contributed by atoms with Gasteiger partial charge in [0.25, 0.3) is 0 Å². The predicted octanol–water partition coefficient (Wildman–Crippen LogP) is 1.48. The van der Waals surface area contributed by atoms with Crippen LogP contribution in [0.2, 0.25) is 0 Å². The van der Waals surface area contributed by atoms with Crippen LogP contribution in [-0.2, 0) is 0 Å². The molecule has 2 rings (SSSR count). The molecular formula is C11H13FN2O4. The summed E-state index contributed by atoms with van der Waals surface area (Å²) in [6, 6.07) is 2.03. The molecule has 1 saturated heterocycles. The van der Waals surface area contributed by atoms with Gasteiger partial charge in [-0.05, 0) is 13.0 Å². The van der Waals surface area contributed by atoms with Gasteiger partial charge < -0.3 is 14.8 Å². The molecule has 98 valence electrons. The molecule has 0 radical (unpaired) electrons. The first-order chi connectivity index (χ1) is 8.61. The summed E-state index contributed by atoms with van der Waals surface area (Å²) in [5, 5.41) is 13.9. The first-order valence-electron chi connectivity index (χ1n) is 5.51. The largest absolute Gasteiger partial charge is 0.494 e. The van der Waals surface area contributed by atoms with E-state index >= 15 is 0 Å². The normalized spacial score (nSPS) is 18.7. The fourth-order valence-corrected chi connectivity index (χ4v) is 1.83. The third-order valence-corrected chi connectivity index (χ3v) is 2.74. The molecule has 0 bridgehead atoms. The van der Waals surface area contributed by atoms with E-state index in [9.17, 15) is 14.5 Å². The number of nitrogens with one attached hydrogen (secondary N) is 1. The number of methoxy groups -OCH3 is 1. The van der Waals surface area contributed by atoms with Crippen molar-refractivity contribution in [1.29, 1.82) is 0 Å². The van der Waals surface area contributed by atoms with Gasteiger partial charge in [0.2, 0.25) is 5.75 Å². The van der Waals surface area contributed by atoms with Gasteiger partial charge >= 0.3 is 5.69 Å². The molecule has 0 saturated carbocycles. The van der Waals surface area contributed by atoms with E-state index in [1.54, 1.807) is 0 Å². The third-order valence-electron chi connectivity index (χ3n) is 2.74. The topological polar surface area (TPSA) is 73.6 Å². The number of hydrogen-bond acceptors (Lipinski definition) is 5. The Morgan fingerprint density at radius 1 is 1.50 bits per heavy atom. The number of halogens is 1. The number of rotatable bonds is 4. The SMILES string of the molecule is COc1cc(OC2CCNC2)c([N+](=O)[O-])cc1F. The second kappa shape index (κ2) is 5.18. The molecule has 1 aromatic carbocycles. The Balaban J connectivity index is 2.32. The number of nitrogens with zero attached hydrogens (tertiary/aromatic N) is 1. The Labute approximate surface area is 103 Å². The molecule has 6 nitrogen and oxygen atoms in total. The minimum absolute atomic E-state index is 0.0342. The van der Waals surface area contributed by atoms with E-state index in [2.05, 4.69) is 5.32 Å². The van der Waals surface area contributed by atoms with Crippen molar-refractivity contribution in [3.8, 4) is 11.5 Å². The van der Waals surface area contributed by atoms with Crippen molar-refractivity contribution in [3.05, 3.63) is 28.1 Å².